The Morgan fingerprint density at radius 1 is 1.39 bits per heavy atom. The number of nitrogens with one attached hydrogen (secondary N) is 1. The number of ether oxygens (including phenoxy) is 1. The van der Waals surface area contributed by atoms with Crippen molar-refractivity contribution in [3.05, 3.63) is 34.7 Å². The highest BCUT2D eigenvalue weighted by Crippen LogP contribution is 2.43. The number of nitrogens with zero attached hydrogens (tertiary/aromatic N) is 1. The zero-order valence-corrected chi connectivity index (χ0v) is 17.9. The Labute approximate surface area is 171 Å². The van der Waals surface area contributed by atoms with E-state index in [1.54, 1.807) is 18.9 Å². The minimum Gasteiger partial charge on any atom is -0.496 e. The summed E-state index contributed by atoms with van der Waals surface area (Å²) < 4.78 is 5.41. The number of hydrogen-bond acceptors (Lipinski definition) is 4. The van der Waals surface area contributed by atoms with Gasteiger partial charge in [-0.3, -0.25) is 9.59 Å². The predicted octanol–water partition coefficient (Wildman–Crippen LogP) is 3.69. The van der Waals surface area contributed by atoms with Crippen LogP contribution in [0.25, 0.3) is 6.08 Å². The lowest BCUT2D eigenvalue weighted by molar-refractivity contribution is -0.132. The predicted molar refractivity (Wildman–Crippen MR) is 114 cm³/mol. The summed E-state index contributed by atoms with van der Waals surface area (Å²) in [5.74, 6) is 0.915. The zero-order valence-electron chi connectivity index (χ0n) is 17.1. The van der Waals surface area contributed by atoms with Crippen LogP contribution in [0.1, 0.15) is 45.1 Å². The molecule has 0 radical (unpaired) electrons. The second-order valence-electron chi connectivity index (χ2n) is 7.72. The van der Waals surface area contributed by atoms with Gasteiger partial charge in [-0.15, -0.1) is 11.8 Å². The van der Waals surface area contributed by atoms with E-state index in [1.165, 1.54) is 0 Å². The largest absolute Gasteiger partial charge is 0.496 e. The van der Waals surface area contributed by atoms with Gasteiger partial charge in [0, 0.05) is 35.9 Å². The summed E-state index contributed by atoms with van der Waals surface area (Å²) in [6.45, 7) is 4.10. The number of amides is 2. The highest BCUT2D eigenvalue weighted by Gasteiger charge is 2.42. The molecule has 152 valence electrons. The van der Waals surface area contributed by atoms with Crippen molar-refractivity contribution in [2.75, 3.05) is 14.2 Å². The minimum absolute atomic E-state index is 0.00848. The lowest BCUT2D eigenvalue weighted by Gasteiger charge is -2.44. The van der Waals surface area contributed by atoms with Crippen LogP contribution in [0.3, 0.4) is 0 Å². The summed E-state index contributed by atoms with van der Waals surface area (Å²) in [5.41, 5.74) is 0.911. The van der Waals surface area contributed by atoms with E-state index in [0.29, 0.717) is 5.25 Å². The van der Waals surface area contributed by atoms with Gasteiger partial charge in [-0.2, -0.15) is 0 Å². The number of fused-ring (bicyclic) bond motifs is 1. The van der Waals surface area contributed by atoms with Gasteiger partial charge in [0.25, 0.3) is 5.91 Å². The maximum absolute atomic E-state index is 13.0. The maximum Gasteiger partial charge on any atom is 0.260 e. The van der Waals surface area contributed by atoms with Gasteiger partial charge in [0.2, 0.25) is 5.91 Å². The molecule has 4 unspecified atom stereocenters. The van der Waals surface area contributed by atoms with E-state index in [4.69, 9.17) is 4.74 Å². The summed E-state index contributed by atoms with van der Waals surface area (Å²) in [4.78, 5) is 28.1. The third-order valence-corrected chi connectivity index (χ3v) is 7.26. The van der Waals surface area contributed by atoms with Gasteiger partial charge in [0.05, 0.1) is 12.0 Å². The molecule has 1 heterocycles. The van der Waals surface area contributed by atoms with E-state index >= 15 is 0 Å². The fourth-order valence-corrected chi connectivity index (χ4v) is 5.40. The van der Waals surface area contributed by atoms with Crippen LogP contribution in [-0.2, 0) is 9.59 Å². The van der Waals surface area contributed by atoms with Crippen molar-refractivity contribution >= 4 is 29.7 Å². The van der Waals surface area contributed by atoms with Gasteiger partial charge in [0.1, 0.15) is 5.75 Å². The highest BCUT2D eigenvalue weighted by atomic mass is 32.2. The molecule has 1 aromatic carbocycles. The first-order chi connectivity index (χ1) is 13.4. The van der Waals surface area contributed by atoms with E-state index in [-0.39, 0.29) is 29.8 Å². The van der Waals surface area contributed by atoms with E-state index in [0.717, 1.165) is 41.9 Å². The molecule has 1 N–H and O–H groups in total. The SMILES string of the molecule is CCC(C)NC(=O)C1CCC2S/C(=C/c3ccccc3OC)C(=O)N(C)C2C1. The first-order valence-electron chi connectivity index (χ1n) is 10.0. The molecule has 1 saturated heterocycles. The Balaban J connectivity index is 1.74. The molecular formula is C22H30N2O3S. The number of rotatable bonds is 5. The van der Waals surface area contributed by atoms with Crippen LogP contribution in [0, 0.1) is 5.92 Å². The van der Waals surface area contributed by atoms with E-state index < -0.39 is 0 Å². The average Bonchev–Trinajstić information content (AvgIpc) is 2.71. The Hall–Kier alpha value is -1.95. The molecule has 1 saturated carbocycles. The molecule has 5 nitrogen and oxygen atoms in total. The number of carbonyl (C=O) groups excluding carboxylic acids is 2. The van der Waals surface area contributed by atoms with Gasteiger partial charge < -0.3 is 15.0 Å². The van der Waals surface area contributed by atoms with Gasteiger partial charge in [-0.05, 0) is 44.7 Å². The molecule has 28 heavy (non-hydrogen) atoms. The number of hydrogen-bond donors (Lipinski definition) is 1. The Morgan fingerprint density at radius 3 is 2.86 bits per heavy atom. The molecule has 2 fully saturated rings. The molecule has 4 atom stereocenters. The third-order valence-electron chi connectivity index (χ3n) is 5.86. The van der Waals surface area contributed by atoms with E-state index in [9.17, 15) is 9.59 Å². The molecule has 3 rings (SSSR count). The minimum atomic E-state index is -0.00848. The molecule has 1 aliphatic carbocycles. The summed E-state index contributed by atoms with van der Waals surface area (Å²) >= 11 is 1.66. The Bertz CT molecular complexity index is 764. The second kappa shape index (κ2) is 9.03. The smallest absolute Gasteiger partial charge is 0.260 e. The van der Waals surface area contributed by atoms with Crippen LogP contribution in [0.2, 0.25) is 0 Å². The van der Waals surface area contributed by atoms with Crippen LogP contribution in [0.15, 0.2) is 29.2 Å². The van der Waals surface area contributed by atoms with Gasteiger partial charge in [0.15, 0.2) is 0 Å². The first kappa shape index (κ1) is 20.8. The molecule has 6 heteroatoms. The van der Waals surface area contributed by atoms with E-state index in [2.05, 4.69) is 12.2 Å². The number of para-hydroxylation sites is 1. The van der Waals surface area contributed by atoms with Crippen molar-refractivity contribution in [1.82, 2.24) is 10.2 Å². The number of methoxy groups -OCH3 is 1. The number of benzene rings is 1. The van der Waals surface area contributed by atoms with Crippen molar-refractivity contribution in [3.63, 3.8) is 0 Å². The van der Waals surface area contributed by atoms with Crippen LogP contribution in [0.5, 0.6) is 5.75 Å². The van der Waals surface area contributed by atoms with Crippen molar-refractivity contribution < 1.29 is 14.3 Å². The lowest BCUT2D eigenvalue weighted by Crippen LogP contribution is -2.52. The quantitative estimate of drug-likeness (QED) is 0.763. The molecule has 0 spiro atoms. The van der Waals surface area contributed by atoms with Gasteiger partial charge in [-0.1, -0.05) is 25.1 Å². The van der Waals surface area contributed by atoms with Crippen LogP contribution in [-0.4, -0.2) is 48.2 Å². The standard InChI is InChI=1S/C22H30N2O3S/c1-5-14(2)23-21(25)16-10-11-19-17(12-16)24(3)22(26)20(28-19)13-15-8-6-7-9-18(15)27-4/h6-9,13-14,16-17,19H,5,10-12H2,1-4H3,(H,23,25)/b20-13+. The first-order valence-corrected chi connectivity index (χ1v) is 10.9. The van der Waals surface area contributed by atoms with Crippen molar-refractivity contribution in [2.24, 2.45) is 5.92 Å². The molecular weight excluding hydrogens is 372 g/mol. The summed E-state index contributed by atoms with van der Waals surface area (Å²) in [6.07, 6.45) is 5.41. The average molecular weight is 403 g/mol. The molecule has 0 bridgehead atoms. The van der Waals surface area contributed by atoms with Crippen LogP contribution < -0.4 is 10.1 Å². The summed E-state index contributed by atoms with van der Waals surface area (Å²) in [7, 11) is 3.51. The third kappa shape index (κ3) is 4.37. The Kier molecular flexibility index (Phi) is 6.70. The zero-order chi connectivity index (χ0) is 20.3. The van der Waals surface area contributed by atoms with Gasteiger partial charge >= 0.3 is 0 Å². The molecule has 0 aromatic heterocycles. The number of thioether (sulfide) groups is 1. The maximum atomic E-state index is 13.0. The highest BCUT2D eigenvalue weighted by molar-refractivity contribution is 8.04. The summed E-state index contributed by atoms with van der Waals surface area (Å²) in [5, 5.41) is 3.43. The number of likely N-dealkylation sites (N-methyl/N-ethyl adjacent to an activating group) is 1. The fraction of sp³-hybridized carbons (Fsp3) is 0.545. The van der Waals surface area contributed by atoms with Crippen molar-refractivity contribution in [3.8, 4) is 5.75 Å². The molecule has 1 aromatic rings. The molecule has 1 aliphatic heterocycles. The number of carbonyl (C=O) groups is 2. The van der Waals surface area contributed by atoms with Crippen LogP contribution >= 0.6 is 11.8 Å². The normalized spacial score (nSPS) is 27.3. The summed E-state index contributed by atoms with van der Waals surface area (Å²) in [6, 6.07) is 8.03. The van der Waals surface area contributed by atoms with Crippen molar-refractivity contribution in [1.29, 1.82) is 0 Å². The molecule has 2 aliphatic rings. The van der Waals surface area contributed by atoms with E-state index in [1.807, 2.05) is 49.2 Å². The lowest BCUT2D eigenvalue weighted by atomic mass is 9.83. The Morgan fingerprint density at radius 2 is 2.14 bits per heavy atom. The van der Waals surface area contributed by atoms with Gasteiger partial charge in [-0.25, -0.2) is 0 Å². The second-order valence-corrected chi connectivity index (χ2v) is 9.00. The monoisotopic (exact) mass is 402 g/mol. The van der Waals surface area contributed by atoms with Crippen LogP contribution in [0.4, 0.5) is 0 Å². The van der Waals surface area contributed by atoms with Crippen molar-refractivity contribution in [2.45, 2.75) is 56.9 Å². The molecule has 2 amide bonds. The topological polar surface area (TPSA) is 58.6 Å². The fourth-order valence-electron chi connectivity index (χ4n) is 3.93.